The Hall–Kier alpha value is -2.14. The molecule has 3 fully saturated rings. The number of thioether (sulfide) groups is 1. The fourth-order valence-corrected chi connectivity index (χ4v) is 9.22. The molecule has 11 heteroatoms. The first kappa shape index (κ1) is 26.5. The smallest absolute Gasteiger partial charge is 0.233 e. The summed E-state index contributed by atoms with van der Waals surface area (Å²) in [4.78, 5) is 14.8. The number of hydrogen-bond acceptors (Lipinski definition) is 7. The number of benzene rings is 1. The molecular weight excluding hydrogens is 515 g/mol. The average Bonchev–Trinajstić information content (AvgIpc) is 3.66. The number of amides is 1. The van der Waals surface area contributed by atoms with Crippen molar-refractivity contribution in [1.29, 1.82) is 0 Å². The molecule has 1 saturated heterocycles. The topological polar surface area (TPSA) is 94.4 Å². The highest BCUT2D eigenvalue weighted by Gasteiger charge is 2.43. The molecule has 1 aromatic heterocycles. The van der Waals surface area contributed by atoms with Gasteiger partial charge in [0.25, 0.3) is 0 Å². The maximum atomic E-state index is 14.1. The normalized spacial score (nSPS) is 26.9. The minimum atomic E-state index is -3.08. The molecule has 1 aliphatic heterocycles. The molecule has 2 heterocycles. The van der Waals surface area contributed by atoms with Crippen molar-refractivity contribution >= 4 is 27.5 Å². The van der Waals surface area contributed by atoms with Crippen LogP contribution in [0, 0.1) is 23.6 Å². The van der Waals surface area contributed by atoms with Gasteiger partial charge in [-0.25, -0.2) is 12.8 Å². The Labute approximate surface area is 222 Å². The Morgan fingerprint density at radius 1 is 1.24 bits per heavy atom. The maximum Gasteiger partial charge on any atom is 0.233 e. The van der Waals surface area contributed by atoms with Crippen LogP contribution in [0.3, 0.4) is 0 Å². The van der Waals surface area contributed by atoms with Crippen molar-refractivity contribution in [2.75, 3.05) is 23.8 Å². The summed E-state index contributed by atoms with van der Waals surface area (Å²) in [6.07, 6.45) is 5.50. The standard InChI is InChI=1S/C26H35FN4O4S2/c1-3-30(20-10-11-37(33,34)16-20)25(32)15-36-26-29-28-24(14-35-23-7-5-4-6-22(23)27)31(26)17(2)21-13-18-8-9-19(21)12-18/h4-7,17-21H,3,8-16H2,1-2H3/t17-,18+,19+,20+,21+/m0/s1. The van der Waals surface area contributed by atoms with E-state index in [0.717, 1.165) is 5.92 Å². The SMILES string of the molecule is CCN(C(=O)CSc1nnc(COc2ccccc2F)n1[C@@H](C)[C@H]1C[C@@H]2CC[C@@H]1C2)[C@@H]1CCS(=O)(=O)C1. The minimum absolute atomic E-state index is 0.0340. The van der Waals surface area contributed by atoms with Crippen LogP contribution in [-0.2, 0) is 21.2 Å². The maximum absolute atomic E-state index is 14.1. The second-order valence-electron chi connectivity index (χ2n) is 10.6. The molecule has 0 spiro atoms. The predicted octanol–water partition coefficient (Wildman–Crippen LogP) is 4.12. The zero-order valence-electron chi connectivity index (χ0n) is 21.4. The van der Waals surface area contributed by atoms with Gasteiger partial charge in [-0.1, -0.05) is 30.3 Å². The number of sulfone groups is 1. The van der Waals surface area contributed by atoms with Gasteiger partial charge in [-0.3, -0.25) is 9.36 Å². The van der Waals surface area contributed by atoms with Gasteiger partial charge in [0.15, 0.2) is 32.4 Å². The second-order valence-corrected chi connectivity index (χ2v) is 13.8. The van der Waals surface area contributed by atoms with Crippen molar-refractivity contribution in [3.8, 4) is 5.75 Å². The Balaban J connectivity index is 1.33. The third kappa shape index (κ3) is 5.67. The molecule has 3 aliphatic rings. The number of carbonyl (C=O) groups excluding carboxylic acids is 1. The molecule has 8 nitrogen and oxygen atoms in total. The average molecular weight is 551 g/mol. The zero-order valence-corrected chi connectivity index (χ0v) is 23.0. The van der Waals surface area contributed by atoms with Crippen molar-refractivity contribution in [1.82, 2.24) is 19.7 Å². The van der Waals surface area contributed by atoms with Crippen LogP contribution in [0.1, 0.15) is 57.8 Å². The monoisotopic (exact) mass is 550 g/mol. The fraction of sp³-hybridized carbons (Fsp3) is 0.654. The van der Waals surface area contributed by atoms with Gasteiger partial charge in [-0.15, -0.1) is 10.2 Å². The van der Waals surface area contributed by atoms with Crippen molar-refractivity contribution < 1.29 is 22.3 Å². The largest absolute Gasteiger partial charge is 0.483 e. The summed E-state index contributed by atoms with van der Waals surface area (Å²) in [5, 5.41) is 9.46. The summed E-state index contributed by atoms with van der Waals surface area (Å²) >= 11 is 1.33. The van der Waals surface area contributed by atoms with Crippen molar-refractivity contribution in [3.63, 3.8) is 0 Å². The summed E-state index contributed by atoms with van der Waals surface area (Å²) in [6, 6.07) is 6.16. The quantitative estimate of drug-likeness (QED) is 0.411. The fourth-order valence-electron chi connectivity index (χ4n) is 6.56. The van der Waals surface area contributed by atoms with Gasteiger partial charge in [0.2, 0.25) is 5.91 Å². The van der Waals surface area contributed by atoms with Crippen LogP contribution in [0.25, 0.3) is 0 Å². The molecular formula is C26H35FN4O4S2. The first-order valence-electron chi connectivity index (χ1n) is 13.2. The van der Waals surface area contributed by atoms with E-state index in [1.165, 1.54) is 43.5 Å². The van der Waals surface area contributed by atoms with Crippen molar-refractivity contribution in [3.05, 3.63) is 35.9 Å². The summed E-state index contributed by atoms with van der Waals surface area (Å²) < 4.78 is 45.9. The minimum Gasteiger partial charge on any atom is -0.483 e. The highest BCUT2D eigenvalue weighted by atomic mass is 32.2. The Morgan fingerprint density at radius 2 is 2.05 bits per heavy atom. The predicted molar refractivity (Wildman–Crippen MR) is 140 cm³/mol. The molecule has 0 unspecified atom stereocenters. The van der Waals surface area contributed by atoms with Gasteiger partial charge < -0.3 is 9.64 Å². The lowest BCUT2D eigenvalue weighted by atomic mass is 9.84. The van der Waals surface area contributed by atoms with E-state index in [1.54, 1.807) is 23.1 Å². The first-order valence-corrected chi connectivity index (χ1v) is 16.0. The number of nitrogens with zero attached hydrogens (tertiary/aromatic N) is 4. The number of halogens is 1. The molecule has 5 atom stereocenters. The molecule has 1 aromatic carbocycles. The Kier molecular flexibility index (Phi) is 7.81. The third-order valence-electron chi connectivity index (χ3n) is 8.38. The van der Waals surface area contributed by atoms with Gasteiger partial charge in [0.05, 0.1) is 17.3 Å². The van der Waals surface area contributed by atoms with Gasteiger partial charge in [0, 0.05) is 18.6 Å². The third-order valence-corrected chi connectivity index (χ3v) is 11.1. The van der Waals surface area contributed by atoms with E-state index < -0.39 is 15.7 Å². The van der Waals surface area contributed by atoms with E-state index in [9.17, 15) is 17.6 Å². The number of hydrogen-bond donors (Lipinski definition) is 0. The molecule has 0 radical (unpaired) electrons. The number of rotatable bonds is 10. The molecule has 2 aliphatic carbocycles. The summed E-state index contributed by atoms with van der Waals surface area (Å²) in [5.74, 6) is 2.55. The second kappa shape index (κ2) is 10.9. The van der Waals surface area contributed by atoms with Gasteiger partial charge in [-0.05, 0) is 69.4 Å². The van der Waals surface area contributed by atoms with Crippen LogP contribution < -0.4 is 4.74 Å². The van der Waals surface area contributed by atoms with Crippen LogP contribution in [0.4, 0.5) is 4.39 Å². The summed E-state index contributed by atoms with van der Waals surface area (Å²) in [5.41, 5.74) is 0. The Bertz CT molecular complexity index is 1240. The van der Waals surface area contributed by atoms with Gasteiger partial charge in [-0.2, -0.15) is 0 Å². The van der Waals surface area contributed by atoms with Crippen LogP contribution >= 0.6 is 11.8 Å². The lowest BCUT2D eigenvalue weighted by molar-refractivity contribution is -0.129. The van der Waals surface area contributed by atoms with Crippen LogP contribution in [0.5, 0.6) is 5.75 Å². The van der Waals surface area contributed by atoms with Crippen LogP contribution in [0.2, 0.25) is 0 Å². The molecule has 0 N–H and O–H groups in total. The van der Waals surface area contributed by atoms with E-state index >= 15 is 0 Å². The van der Waals surface area contributed by atoms with Gasteiger partial charge in [0.1, 0.15) is 6.61 Å². The lowest BCUT2D eigenvalue weighted by Crippen LogP contribution is -2.42. The van der Waals surface area contributed by atoms with E-state index in [2.05, 4.69) is 21.7 Å². The molecule has 2 bridgehead atoms. The van der Waals surface area contributed by atoms with Crippen LogP contribution in [0.15, 0.2) is 29.4 Å². The molecule has 37 heavy (non-hydrogen) atoms. The first-order chi connectivity index (χ1) is 17.8. The van der Waals surface area contributed by atoms with Crippen molar-refractivity contribution in [2.45, 2.75) is 69.8 Å². The van der Waals surface area contributed by atoms with Crippen LogP contribution in [-0.4, -0.2) is 63.8 Å². The van der Waals surface area contributed by atoms with E-state index in [4.69, 9.17) is 4.74 Å². The number of para-hydroxylation sites is 1. The summed E-state index contributed by atoms with van der Waals surface area (Å²) in [6.45, 7) is 4.62. The molecule has 202 valence electrons. The highest BCUT2D eigenvalue weighted by Crippen LogP contribution is 2.52. The number of aromatic nitrogens is 3. The van der Waals surface area contributed by atoms with Gasteiger partial charge >= 0.3 is 0 Å². The number of carbonyl (C=O) groups is 1. The summed E-state index contributed by atoms with van der Waals surface area (Å²) in [7, 11) is -3.08. The molecule has 2 aromatic rings. The Morgan fingerprint density at radius 3 is 2.70 bits per heavy atom. The number of fused-ring (bicyclic) bond motifs is 2. The molecule has 5 rings (SSSR count). The lowest BCUT2D eigenvalue weighted by Gasteiger charge is -2.30. The van der Waals surface area contributed by atoms with Crippen molar-refractivity contribution in [2.24, 2.45) is 17.8 Å². The van der Waals surface area contributed by atoms with E-state index in [1.807, 2.05) is 6.92 Å². The van der Waals surface area contributed by atoms with E-state index in [-0.39, 0.29) is 47.6 Å². The zero-order chi connectivity index (χ0) is 26.2. The molecule has 1 amide bonds. The van der Waals surface area contributed by atoms with E-state index in [0.29, 0.717) is 35.8 Å². The number of ether oxygens (including phenoxy) is 1. The molecule has 2 saturated carbocycles. The highest BCUT2D eigenvalue weighted by molar-refractivity contribution is 7.99.